The van der Waals surface area contributed by atoms with Gasteiger partial charge in [-0.25, -0.2) is 0 Å². The molecule has 3 aromatic rings. The number of piperidine rings is 1. The number of halogens is 2. The van der Waals surface area contributed by atoms with Gasteiger partial charge in [-0.1, -0.05) is 59.6 Å². The molecule has 1 saturated heterocycles. The number of benzene rings is 3. The molecule has 3 N–H and O–H groups in total. The molecule has 5 rings (SSSR count). The van der Waals surface area contributed by atoms with Crippen molar-refractivity contribution in [2.24, 2.45) is 11.8 Å². The molecule has 0 spiro atoms. The number of hydrogen-bond acceptors (Lipinski definition) is 3. The standard InChI is InChI=1S/C30H30Cl2N2O3/c31-22-8-3-19(4-9-22)30(20-5-10-23(32)11-6-20)21-7-14-26-25(16-21)27(17-28(35)34-26)33-24-12-1-18(2-13-24)15-29(36)37/h1-6,8-13,21,25-27,30,33H,7,14-17H2,(H,34,35)(H,36,37). The molecule has 0 bridgehead atoms. The maximum absolute atomic E-state index is 12.6. The second-order valence-electron chi connectivity index (χ2n) is 10.2. The van der Waals surface area contributed by atoms with Crippen molar-refractivity contribution in [1.82, 2.24) is 5.32 Å². The highest BCUT2D eigenvalue weighted by Crippen LogP contribution is 2.45. The van der Waals surface area contributed by atoms with E-state index >= 15 is 0 Å². The van der Waals surface area contributed by atoms with Crippen molar-refractivity contribution >= 4 is 40.8 Å². The van der Waals surface area contributed by atoms with Crippen molar-refractivity contribution in [3.05, 3.63) is 99.5 Å². The van der Waals surface area contributed by atoms with Gasteiger partial charge in [0.1, 0.15) is 0 Å². The molecule has 0 radical (unpaired) electrons. The Labute approximate surface area is 227 Å². The lowest BCUT2D eigenvalue weighted by atomic mass is 9.65. The molecule has 4 unspecified atom stereocenters. The van der Waals surface area contributed by atoms with Gasteiger partial charge in [-0.3, -0.25) is 9.59 Å². The Morgan fingerprint density at radius 3 is 2.08 bits per heavy atom. The quantitative estimate of drug-likeness (QED) is 0.320. The summed E-state index contributed by atoms with van der Waals surface area (Å²) in [6, 6.07) is 23.9. The predicted molar refractivity (Wildman–Crippen MR) is 147 cm³/mol. The van der Waals surface area contributed by atoms with Gasteiger partial charge in [-0.15, -0.1) is 0 Å². The third kappa shape index (κ3) is 6.11. The highest BCUT2D eigenvalue weighted by Gasteiger charge is 2.43. The summed E-state index contributed by atoms with van der Waals surface area (Å²) < 4.78 is 0. The van der Waals surface area contributed by atoms with E-state index in [1.165, 1.54) is 11.1 Å². The van der Waals surface area contributed by atoms with Crippen LogP contribution in [0, 0.1) is 11.8 Å². The summed E-state index contributed by atoms with van der Waals surface area (Å²) in [4.78, 5) is 23.6. The van der Waals surface area contributed by atoms with Crippen LogP contribution in [-0.4, -0.2) is 29.1 Å². The van der Waals surface area contributed by atoms with Gasteiger partial charge >= 0.3 is 5.97 Å². The van der Waals surface area contributed by atoms with Gasteiger partial charge in [0.25, 0.3) is 0 Å². The zero-order valence-corrected chi connectivity index (χ0v) is 21.9. The zero-order chi connectivity index (χ0) is 25.9. The van der Waals surface area contributed by atoms with E-state index in [1.807, 2.05) is 48.5 Å². The summed E-state index contributed by atoms with van der Waals surface area (Å²) >= 11 is 12.4. The minimum absolute atomic E-state index is 0.00274. The van der Waals surface area contributed by atoms with Crippen molar-refractivity contribution in [1.29, 1.82) is 0 Å². The Hall–Kier alpha value is -3.02. The SMILES string of the molecule is O=C(O)Cc1ccc(NC2CC(=O)NC3CCC(C(c4ccc(Cl)cc4)c4ccc(Cl)cc4)CC32)cc1. The number of amides is 1. The average molecular weight is 537 g/mol. The highest BCUT2D eigenvalue weighted by atomic mass is 35.5. The maximum atomic E-state index is 12.6. The van der Waals surface area contributed by atoms with E-state index in [4.69, 9.17) is 28.3 Å². The van der Waals surface area contributed by atoms with Crippen molar-refractivity contribution in [2.75, 3.05) is 5.32 Å². The van der Waals surface area contributed by atoms with Crippen LogP contribution in [-0.2, 0) is 16.0 Å². The van der Waals surface area contributed by atoms with Crippen LogP contribution in [0.5, 0.6) is 0 Å². The van der Waals surface area contributed by atoms with E-state index in [9.17, 15) is 9.59 Å². The number of carboxylic acids is 1. The molecule has 3 aromatic carbocycles. The molecule has 1 aliphatic carbocycles. The molecule has 4 atom stereocenters. The fraction of sp³-hybridized carbons (Fsp3) is 0.333. The first kappa shape index (κ1) is 25.6. The van der Waals surface area contributed by atoms with Crippen LogP contribution in [0.25, 0.3) is 0 Å². The lowest BCUT2D eigenvalue weighted by molar-refractivity contribution is -0.136. The third-order valence-corrected chi connectivity index (χ3v) is 8.30. The lowest BCUT2D eigenvalue weighted by Crippen LogP contribution is -2.56. The van der Waals surface area contributed by atoms with E-state index in [2.05, 4.69) is 34.9 Å². The average Bonchev–Trinajstić information content (AvgIpc) is 2.87. The van der Waals surface area contributed by atoms with Gasteiger partial charge in [0.05, 0.1) is 6.42 Å². The van der Waals surface area contributed by atoms with Crippen molar-refractivity contribution in [2.45, 2.75) is 50.1 Å². The summed E-state index contributed by atoms with van der Waals surface area (Å²) in [5, 5.41) is 17.3. The number of carbonyl (C=O) groups is 2. The molecule has 1 saturated carbocycles. The Kier molecular flexibility index (Phi) is 7.73. The minimum atomic E-state index is -0.850. The molecule has 1 amide bonds. The fourth-order valence-corrected chi connectivity index (χ4v) is 6.38. The highest BCUT2D eigenvalue weighted by molar-refractivity contribution is 6.30. The second kappa shape index (κ2) is 11.2. The van der Waals surface area contributed by atoms with Crippen LogP contribution < -0.4 is 10.6 Å². The molecule has 2 aliphatic rings. The Bertz CT molecular complexity index is 1200. The fourth-order valence-electron chi connectivity index (χ4n) is 6.13. The Morgan fingerprint density at radius 2 is 1.51 bits per heavy atom. The summed E-state index contributed by atoms with van der Waals surface area (Å²) in [5.41, 5.74) is 4.12. The van der Waals surface area contributed by atoms with Gasteiger partial charge in [-0.2, -0.15) is 0 Å². The van der Waals surface area contributed by atoms with Gasteiger partial charge in [0.15, 0.2) is 0 Å². The largest absolute Gasteiger partial charge is 0.481 e. The summed E-state index contributed by atoms with van der Waals surface area (Å²) in [6.45, 7) is 0. The molecule has 192 valence electrons. The number of aliphatic carboxylic acids is 1. The number of carboxylic acid groups (broad SMARTS) is 1. The molecular weight excluding hydrogens is 507 g/mol. The zero-order valence-electron chi connectivity index (χ0n) is 20.4. The van der Waals surface area contributed by atoms with E-state index in [0.29, 0.717) is 12.3 Å². The normalized spacial score (nSPS) is 23.3. The van der Waals surface area contributed by atoms with Gasteiger partial charge in [-0.05, 0) is 78.3 Å². The topological polar surface area (TPSA) is 78.4 Å². The second-order valence-corrected chi connectivity index (χ2v) is 11.1. The predicted octanol–water partition coefficient (Wildman–Crippen LogP) is 6.54. The molecule has 1 heterocycles. The van der Waals surface area contributed by atoms with Gasteiger partial charge in [0, 0.05) is 46.1 Å². The van der Waals surface area contributed by atoms with Crippen LogP contribution in [0.1, 0.15) is 48.3 Å². The number of rotatable bonds is 7. The van der Waals surface area contributed by atoms with E-state index in [-0.39, 0.29) is 36.2 Å². The van der Waals surface area contributed by atoms with Crippen LogP contribution in [0.3, 0.4) is 0 Å². The first-order valence-corrected chi connectivity index (χ1v) is 13.5. The molecule has 2 fully saturated rings. The number of hydrogen-bond donors (Lipinski definition) is 3. The Morgan fingerprint density at radius 1 is 0.919 bits per heavy atom. The van der Waals surface area contributed by atoms with E-state index in [0.717, 1.165) is 40.6 Å². The lowest BCUT2D eigenvalue weighted by Gasteiger charge is -2.46. The van der Waals surface area contributed by atoms with Crippen LogP contribution >= 0.6 is 23.2 Å². The minimum Gasteiger partial charge on any atom is -0.481 e. The van der Waals surface area contributed by atoms with Crippen LogP contribution in [0.4, 0.5) is 5.69 Å². The molecular formula is C30H30Cl2N2O3. The van der Waals surface area contributed by atoms with Gasteiger partial charge in [0.2, 0.25) is 5.91 Å². The van der Waals surface area contributed by atoms with Crippen molar-refractivity contribution in [3.63, 3.8) is 0 Å². The molecule has 37 heavy (non-hydrogen) atoms. The van der Waals surface area contributed by atoms with Crippen molar-refractivity contribution < 1.29 is 14.7 Å². The van der Waals surface area contributed by atoms with Crippen molar-refractivity contribution in [3.8, 4) is 0 Å². The summed E-state index contributed by atoms with van der Waals surface area (Å²) in [7, 11) is 0. The van der Waals surface area contributed by atoms with E-state index < -0.39 is 5.97 Å². The maximum Gasteiger partial charge on any atom is 0.307 e. The van der Waals surface area contributed by atoms with Crippen LogP contribution in [0.15, 0.2) is 72.8 Å². The first-order chi connectivity index (χ1) is 17.9. The Balaban J connectivity index is 1.40. The summed E-state index contributed by atoms with van der Waals surface area (Å²) in [5.74, 6) is 0.0884. The van der Waals surface area contributed by atoms with Crippen LogP contribution in [0.2, 0.25) is 10.0 Å². The molecule has 1 aliphatic heterocycles. The van der Waals surface area contributed by atoms with Gasteiger partial charge < -0.3 is 15.7 Å². The first-order valence-electron chi connectivity index (χ1n) is 12.7. The molecule has 5 nitrogen and oxygen atoms in total. The number of carbonyl (C=O) groups excluding carboxylic acids is 1. The number of fused-ring (bicyclic) bond motifs is 1. The number of nitrogens with one attached hydrogen (secondary N) is 2. The third-order valence-electron chi connectivity index (χ3n) is 7.80. The smallest absolute Gasteiger partial charge is 0.307 e. The number of anilines is 1. The molecule has 7 heteroatoms. The van der Waals surface area contributed by atoms with E-state index in [1.54, 1.807) is 0 Å². The summed E-state index contributed by atoms with van der Waals surface area (Å²) in [6.07, 6.45) is 3.31. The monoisotopic (exact) mass is 536 g/mol. The molecule has 0 aromatic heterocycles.